The van der Waals surface area contributed by atoms with Gasteiger partial charge in [-0.25, -0.2) is 4.98 Å². The highest BCUT2D eigenvalue weighted by Crippen LogP contribution is 2.09. The van der Waals surface area contributed by atoms with Gasteiger partial charge in [-0.15, -0.1) is 0 Å². The highest BCUT2D eigenvalue weighted by atomic mass is 16.1. The monoisotopic (exact) mass is 287 g/mol. The Labute approximate surface area is 124 Å². The van der Waals surface area contributed by atoms with Crippen LogP contribution in [0.25, 0.3) is 11.0 Å². The summed E-state index contributed by atoms with van der Waals surface area (Å²) in [4.78, 5) is 28.4. The van der Waals surface area contributed by atoms with Crippen LogP contribution in [-0.4, -0.2) is 22.0 Å². The molecule has 21 heavy (non-hydrogen) atoms. The maximum absolute atomic E-state index is 12.2. The van der Waals surface area contributed by atoms with Crippen LogP contribution >= 0.6 is 0 Å². The number of benzene rings is 1. The van der Waals surface area contributed by atoms with Crippen molar-refractivity contribution in [3.63, 3.8) is 0 Å². The Morgan fingerprint density at radius 2 is 2.05 bits per heavy atom. The number of nitrogens with one attached hydrogen (secondary N) is 1. The van der Waals surface area contributed by atoms with Crippen LogP contribution in [0, 0.1) is 5.92 Å². The van der Waals surface area contributed by atoms with E-state index in [1.54, 1.807) is 11.6 Å². The number of nitrogens with zero attached hydrogens (tertiary/aromatic N) is 2. The molecule has 0 fully saturated rings. The first-order valence-corrected chi connectivity index (χ1v) is 7.20. The molecule has 1 heterocycles. The summed E-state index contributed by atoms with van der Waals surface area (Å²) in [6, 6.07) is 7.50. The minimum atomic E-state index is -0.134. The second-order valence-electron chi connectivity index (χ2n) is 5.61. The van der Waals surface area contributed by atoms with E-state index in [9.17, 15) is 9.59 Å². The number of fused-ring (bicyclic) bond motifs is 1. The molecule has 1 aromatic heterocycles. The number of hydrogen-bond acceptors (Lipinski definition) is 3. The van der Waals surface area contributed by atoms with Gasteiger partial charge in [0, 0.05) is 26.4 Å². The van der Waals surface area contributed by atoms with Crippen molar-refractivity contribution >= 4 is 16.9 Å². The average molecular weight is 287 g/mol. The molecule has 0 aliphatic carbocycles. The van der Waals surface area contributed by atoms with Gasteiger partial charge in [-0.2, -0.15) is 0 Å². The number of aryl methyl sites for hydroxylation is 2. The van der Waals surface area contributed by atoms with Gasteiger partial charge in [0.25, 0.3) is 5.56 Å². The Balaban J connectivity index is 2.14. The number of carbonyl (C=O) groups excluding carboxylic acids is 1. The minimum Gasteiger partial charge on any atom is -0.356 e. The number of para-hydroxylation sites is 2. The number of amides is 1. The van der Waals surface area contributed by atoms with Gasteiger partial charge in [-0.05, 0) is 18.1 Å². The molecule has 2 rings (SSSR count). The van der Waals surface area contributed by atoms with Crippen LogP contribution in [0.15, 0.2) is 29.1 Å². The second-order valence-corrected chi connectivity index (χ2v) is 5.61. The molecule has 5 heteroatoms. The fraction of sp³-hybridized carbons (Fsp3) is 0.438. The Morgan fingerprint density at radius 3 is 2.76 bits per heavy atom. The Kier molecular flexibility index (Phi) is 4.73. The van der Waals surface area contributed by atoms with E-state index in [0.29, 0.717) is 24.6 Å². The molecule has 5 nitrogen and oxygen atoms in total. The van der Waals surface area contributed by atoms with E-state index in [4.69, 9.17) is 0 Å². The van der Waals surface area contributed by atoms with Crippen LogP contribution in [0.1, 0.15) is 26.0 Å². The van der Waals surface area contributed by atoms with Crippen molar-refractivity contribution in [2.75, 3.05) is 6.54 Å². The maximum atomic E-state index is 12.2. The first-order valence-electron chi connectivity index (χ1n) is 7.20. The topological polar surface area (TPSA) is 64.0 Å². The molecule has 0 saturated heterocycles. The van der Waals surface area contributed by atoms with Gasteiger partial charge in [-0.1, -0.05) is 26.0 Å². The van der Waals surface area contributed by atoms with E-state index in [2.05, 4.69) is 10.3 Å². The molecule has 0 atom stereocenters. The van der Waals surface area contributed by atoms with Crippen LogP contribution in [0.2, 0.25) is 0 Å². The van der Waals surface area contributed by atoms with Gasteiger partial charge in [0.1, 0.15) is 5.69 Å². The zero-order valence-corrected chi connectivity index (χ0v) is 12.7. The summed E-state index contributed by atoms with van der Waals surface area (Å²) in [6.45, 7) is 4.74. The SMILES string of the molecule is CC(C)CNC(=O)CCc1nc2ccccc2n(C)c1=O. The Bertz CT molecular complexity index is 704. The zero-order chi connectivity index (χ0) is 15.4. The van der Waals surface area contributed by atoms with E-state index in [1.807, 2.05) is 38.1 Å². The van der Waals surface area contributed by atoms with Crippen LogP contribution in [-0.2, 0) is 18.3 Å². The lowest BCUT2D eigenvalue weighted by atomic mass is 10.2. The number of rotatable bonds is 5. The summed E-state index contributed by atoms with van der Waals surface area (Å²) in [7, 11) is 1.73. The summed E-state index contributed by atoms with van der Waals surface area (Å²) < 4.78 is 1.59. The van der Waals surface area contributed by atoms with Crippen LogP contribution in [0.3, 0.4) is 0 Å². The third kappa shape index (κ3) is 3.68. The molecular formula is C16H21N3O2. The summed E-state index contributed by atoms with van der Waals surface area (Å²) in [5.41, 5.74) is 1.88. The smallest absolute Gasteiger partial charge is 0.272 e. The van der Waals surface area contributed by atoms with Crippen molar-refractivity contribution in [3.8, 4) is 0 Å². The van der Waals surface area contributed by atoms with Crippen molar-refractivity contribution in [1.82, 2.24) is 14.9 Å². The van der Waals surface area contributed by atoms with Crippen molar-refractivity contribution in [3.05, 3.63) is 40.3 Å². The van der Waals surface area contributed by atoms with Crippen LogP contribution < -0.4 is 10.9 Å². The highest BCUT2D eigenvalue weighted by Gasteiger charge is 2.10. The molecule has 1 amide bonds. The fourth-order valence-electron chi connectivity index (χ4n) is 2.14. The molecule has 0 aliphatic heterocycles. The molecule has 2 aromatic rings. The van der Waals surface area contributed by atoms with Crippen molar-refractivity contribution < 1.29 is 4.79 Å². The quantitative estimate of drug-likeness (QED) is 0.909. The van der Waals surface area contributed by atoms with Gasteiger partial charge >= 0.3 is 0 Å². The zero-order valence-electron chi connectivity index (χ0n) is 12.7. The normalized spacial score (nSPS) is 11.0. The van der Waals surface area contributed by atoms with E-state index < -0.39 is 0 Å². The van der Waals surface area contributed by atoms with E-state index in [1.165, 1.54) is 0 Å². The lowest BCUT2D eigenvalue weighted by molar-refractivity contribution is -0.121. The van der Waals surface area contributed by atoms with E-state index in [0.717, 1.165) is 11.0 Å². The van der Waals surface area contributed by atoms with Gasteiger partial charge < -0.3 is 9.88 Å². The number of aromatic nitrogens is 2. The molecule has 0 unspecified atom stereocenters. The summed E-state index contributed by atoms with van der Waals surface area (Å²) in [5.74, 6) is 0.376. The van der Waals surface area contributed by atoms with Gasteiger partial charge in [0.15, 0.2) is 0 Å². The van der Waals surface area contributed by atoms with Gasteiger partial charge in [0.05, 0.1) is 11.0 Å². The lowest BCUT2D eigenvalue weighted by Crippen LogP contribution is -2.29. The van der Waals surface area contributed by atoms with Crippen LogP contribution in [0.4, 0.5) is 0 Å². The van der Waals surface area contributed by atoms with Gasteiger partial charge in [0.2, 0.25) is 5.91 Å². The first kappa shape index (κ1) is 15.2. The third-order valence-electron chi connectivity index (χ3n) is 3.35. The van der Waals surface area contributed by atoms with E-state index in [-0.39, 0.29) is 17.9 Å². The average Bonchev–Trinajstić information content (AvgIpc) is 2.47. The number of carbonyl (C=O) groups is 1. The molecular weight excluding hydrogens is 266 g/mol. The summed E-state index contributed by atoms with van der Waals surface area (Å²) in [6.07, 6.45) is 0.648. The Hall–Kier alpha value is -2.17. The molecule has 1 N–H and O–H groups in total. The predicted octanol–water partition coefficient (Wildman–Crippen LogP) is 1.64. The summed E-state index contributed by atoms with van der Waals surface area (Å²) >= 11 is 0. The molecule has 0 aliphatic rings. The second kappa shape index (κ2) is 6.52. The first-order chi connectivity index (χ1) is 9.99. The largest absolute Gasteiger partial charge is 0.356 e. The van der Waals surface area contributed by atoms with Crippen molar-refractivity contribution in [2.24, 2.45) is 13.0 Å². The Morgan fingerprint density at radius 1 is 1.33 bits per heavy atom. The molecule has 112 valence electrons. The third-order valence-corrected chi connectivity index (χ3v) is 3.35. The molecule has 0 spiro atoms. The molecule has 0 radical (unpaired) electrons. The predicted molar refractivity (Wildman–Crippen MR) is 83.2 cm³/mol. The maximum Gasteiger partial charge on any atom is 0.272 e. The fourth-order valence-corrected chi connectivity index (χ4v) is 2.14. The lowest BCUT2D eigenvalue weighted by Gasteiger charge is -2.09. The standard InChI is InChI=1S/C16H21N3O2/c1-11(2)10-17-15(20)9-8-13-16(21)19(3)14-7-5-4-6-12(14)18-13/h4-7,11H,8-10H2,1-3H3,(H,17,20). The molecule has 1 aromatic carbocycles. The minimum absolute atomic E-state index is 0.0410. The highest BCUT2D eigenvalue weighted by molar-refractivity contribution is 5.76. The van der Waals surface area contributed by atoms with Crippen molar-refractivity contribution in [1.29, 1.82) is 0 Å². The molecule has 0 saturated carbocycles. The van der Waals surface area contributed by atoms with Crippen LogP contribution in [0.5, 0.6) is 0 Å². The molecule has 0 bridgehead atoms. The van der Waals surface area contributed by atoms with Gasteiger partial charge in [-0.3, -0.25) is 9.59 Å². The van der Waals surface area contributed by atoms with E-state index >= 15 is 0 Å². The summed E-state index contributed by atoms with van der Waals surface area (Å²) in [5, 5.41) is 2.85. The number of hydrogen-bond donors (Lipinski definition) is 1. The van der Waals surface area contributed by atoms with Crippen molar-refractivity contribution in [2.45, 2.75) is 26.7 Å².